The highest BCUT2D eigenvalue weighted by atomic mass is 16.4. The Bertz CT molecular complexity index is 189. The lowest BCUT2D eigenvalue weighted by Gasteiger charge is -1.72. The molecule has 0 radical (unpaired) electrons. The molecule has 0 fully saturated rings. The van der Waals surface area contributed by atoms with Gasteiger partial charge >= 0.3 is 11.9 Å². The van der Waals surface area contributed by atoms with E-state index in [2.05, 4.69) is 9.97 Å². The molecule has 0 aromatic carbocycles. The number of carbonyl (C=O) groups is 2. The average molecular weight is 158 g/mol. The Morgan fingerprint density at radius 2 is 1.82 bits per heavy atom. The minimum Gasteiger partial charge on any atom is -0.473 e. The summed E-state index contributed by atoms with van der Waals surface area (Å²) in [6, 6.07) is 0. The molecular weight excluding hydrogens is 152 g/mol. The van der Waals surface area contributed by atoms with Crippen LogP contribution in [0.15, 0.2) is 18.7 Å². The molecule has 0 amide bonds. The molecule has 0 spiro atoms. The van der Waals surface area contributed by atoms with Crippen LogP contribution in [-0.4, -0.2) is 32.1 Å². The normalized spacial score (nSPS) is 7.64. The van der Waals surface area contributed by atoms with Gasteiger partial charge in [0, 0.05) is 12.4 Å². The second-order valence-corrected chi connectivity index (χ2v) is 1.37. The highest BCUT2D eigenvalue weighted by molar-refractivity contribution is 6.27. The summed E-state index contributed by atoms with van der Waals surface area (Å²) in [6.45, 7) is 0. The van der Waals surface area contributed by atoms with Gasteiger partial charge < -0.3 is 15.2 Å². The van der Waals surface area contributed by atoms with E-state index in [1.165, 1.54) is 0 Å². The van der Waals surface area contributed by atoms with Crippen molar-refractivity contribution in [2.75, 3.05) is 0 Å². The predicted molar refractivity (Wildman–Crippen MR) is 33.9 cm³/mol. The number of H-pyrrole nitrogens is 1. The van der Waals surface area contributed by atoms with Gasteiger partial charge in [0.15, 0.2) is 0 Å². The van der Waals surface area contributed by atoms with Gasteiger partial charge in [0.1, 0.15) is 0 Å². The maximum atomic E-state index is 9.10. The van der Waals surface area contributed by atoms with E-state index >= 15 is 0 Å². The van der Waals surface area contributed by atoms with Gasteiger partial charge in [0.05, 0.1) is 6.33 Å². The maximum absolute atomic E-state index is 9.10. The Morgan fingerprint density at radius 1 is 1.27 bits per heavy atom. The highest BCUT2D eigenvalue weighted by Crippen LogP contribution is 1.62. The summed E-state index contributed by atoms with van der Waals surface area (Å²) in [4.78, 5) is 24.6. The number of hydrogen-bond donors (Lipinski definition) is 3. The molecule has 1 rings (SSSR count). The minimum atomic E-state index is -1.82. The summed E-state index contributed by atoms with van der Waals surface area (Å²) in [5.41, 5.74) is 0. The first-order valence-electron chi connectivity index (χ1n) is 2.53. The van der Waals surface area contributed by atoms with Crippen LogP contribution in [0.4, 0.5) is 0 Å². The summed E-state index contributed by atoms with van der Waals surface area (Å²) in [7, 11) is 0. The van der Waals surface area contributed by atoms with E-state index in [0.717, 1.165) is 0 Å². The molecular formula is C5H6N2O4. The molecule has 3 N–H and O–H groups in total. The lowest BCUT2D eigenvalue weighted by molar-refractivity contribution is -0.159. The molecule has 0 saturated heterocycles. The quantitative estimate of drug-likeness (QED) is 0.444. The zero-order valence-corrected chi connectivity index (χ0v) is 5.39. The molecule has 0 aliphatic carbocycles. The van der Waals surface area contributed by atoms with Crippen molar-refractivity contribution in [3.05, 3.63) is 18.7 Å². The lowest BCUT2D eigenvalue weighted by Crippen LogP contribution is -2.09. The highest BCUT2D eigenvalue weighted by Gasteiger charge is 2.04. The summed E-state index contributed by atoms with van der Waals surface area (Å²) in [6.07, 6.45) is 5.08. The molecule has 0 atom stereocenters. The Balaban J connectivity index is 0.000000183. The van der Waals surface area contributed by atoms with Gasteiger partial charge in [-0.05, 0) is 0 Å². The van der Waals surface area contributed by atoms with Gasteiger partial charge in [-0.25, -0.2) is 14.6 Å². The zero-order valence-electron chi connectivity index (χ0n) is 5.39. The fourth-order valence-corrected chi connectivity index (χ4v) is 0.215. The first-order chi connectivity index (χ1) is 5.14. The van der Waals surface area contributed by atoms with Crippen molar-refractivity contribution in [3.63, 3.8) is 0 Å². The Labute approximate surface area is 61.5 Å². The monoisotopic (exact) mass is 158 g/mol. The Kier molecular flexibility index (Phi) is 4.14. The van der Waals surface area contributed by atoms with Gasteiger partial charge in [-0.1, -0.05) is 0 Å². The van der Waals surface area contributed by atoms with Gasteiger partial charge in [0.25, 0.3) is 0 Å². The lowest BCUT2D eigenvalue weighted by atomic mass is 10.7. The molecule has 0 aliphatic rings. The third-order valence-electron chi connectivity index (χ3n) is 0.589. The van der Waals surface area contributed by atoms with Crippen molar-refractivity contribution < 1.29 is 19.8 Å². The van der Waals surface area contributed by atoms with E-state index in [9.17, 15) is 0 Å². The van der Waals surface area contributed by atoms with Crippen molar-refractivity contribution in [2.24, 2.45) is 0 Å². The molecule has 0 aliphatic heterocycles. The molecule has 0 unspecified atom stereocenters. The topological polar surface area (TPSA) is 103 Å². The molecule has 1 aromatic rings. The first-order valence-corrected chi connectivity index (χ1v) is 2.53. The number of hydrogen-bond acceptors (Lipinski definition) is 3. The second kappa shape index (κ2) is 4.98. The van der Waals surface area contributed by atoms with Gasteiger partial charge in [-0.15, -0.1) is 0 Å². The number of nitrogens with zero attached hydrogens (tertiary/aromatic N) is 1. The molecule has 11 heavy (non-hydrogen) atoms. The van der Waals surface area contributed by atoms with E-state index in [-0.39, 0.29) is 0 Å². The van der Waals surface area contributed by atoms with Crippen LogP contribution >= 0.6 is 0 Å². The number of aromatic nitrogens is 2. The Hall–Kier alpha value is -1.85. The standard InChI is InChI=1S/C3H4N2.C2H2O4/c1-2-5-3-4-1;3-1(4)2(5)6/h1-3H,(H,4,5);(H,3,4)(H,5,6). The molecule has 0 bridgehead atoms. The average Bonchev–Trinajstić information content (AvgIpc) is 2.41. The Morgan fingerprint density at radius 3 is 1.91 bits per heavy atom. The molecule has 1 aromatic heterocycles. The minimum absolute atomic E-state index is 1.62. The van der Waals surface area contributed by atoms with Crippen LogP contribution in [0.2, 0.25) is 0 Å². The van der Waals surface area contributed by atoms with E-state index in [4.69, 9.17) is 19.8 Å². The summed E-state index contributed by atoms with van der Waals surface area (Å²) in [5, 5.41) is 14.8. The van der Waals surface area contributed by atoms with Crippen LogP contribution in [0.1, 0.15) is 0 Å². The largest absolute Gasteiger partial charge is 0.473 e. The SMILES string of the molecule is O=C(O)C(=O)O.c1c[nH]cn1. The molecule has 6 nitrogen and oxygen atoms in total. The summed E-state index contributed by atoms with van der Waals surface area (Å²) < 4.78 is 0. The van der Waals surface area contributed by atoms with E-state index in [0.29, 0.717) is 0 Å². The molecule has 1 heterocycles. The third-order valence-corrected chi connectivity index (χ3v) is 0.589. The summed E-state index contributed by atoms with van der Waals surface area (Å²) >= 11 is 0. The predicted octanol–water partition coefficient (Wildman–Crippen LogP) is -0.435. The smallest absolute Gasteiger partial charge is 0.414 e. The zero-order chi connectivity index (χ0) is 8.69. The van der Waals surface area contributed by atoms with Crippen molar-refractivity contribution in [1.29, 1.82) is 0 Å². The van der Waals surface area contributed by atoms with Crippen molar-refractivity contribution >= 4 is 11.9 Å². The number of carboxylic acids is 2. The number of rotatable bonds is 0. The van der Waals surface area contributed by atoms with Crippen LogP contribution < -0.4 is 0 Å². The van der Waals surface area contributed by atoms with E-state index in [1.54, 1.807) is 18.7 Å². The van der Waals surface area contributed by atoms with Crippen molar-refractivity contribution in [1.82, 2.24) is 9.97 Å². The fraction of sp³-hybridized carbons (Fsp3) is 0. The van der Waals surface area contributed by atoms with Crippen LogP contribution in [0, 0.1) is 0 Å². The second-order valence-electron chi connectivity index (χ2n) is 1.37. The van der Waals surface area contributed by atoms with Gasteiger partial charge in [-0.3, -0.25) is 0 Å². The number of imidazole rings is 1. The maximum Gasteiger partial charge on any atom is 0.414 e. The first kappa shape index (κ1) is 9.15. The molecule has 60 valence electrons. The number of carboxylic acid groups (broad SMARTS) is 2. The number of aromatic amines is 1. The number of nitrogens with one attached hydrogen (secondary N) is 1. The van der Waals surface area contributed by atoms with Crippen molar-refractivity contribution in [2.45, 2.75) is 0 Å². The van der Waals surface area contributed by atoms with Crippen molar-refractivity contribution in [3.8, 4) is 0 Å². The van der Waals surface area contributed by atoms with Crippen LogP contribution in [0.25, 0.3) is 0 Å². The van der Waals surface area contributed by atoms with Crippen LogP contribution in [0.5, 0.6) is 0 Å². The van der Waals surface area contributed by atoms with E-state index in [1.807, 2.05) is 0 Å². The van der Waals surface area contributed by atoms with E-state index < -0.39 is 11.9 Å². The summed E-state index contributed by atoms with van der Waals surface area (Å²) in [5.74, 6) is -3.65. The fourth-order valence-electron chi connectivity index (χ4n) is 0.215. The van der Waals surface area contributed by atoms with Crippen LogP contribution in [-0.2, 0) is 9.59 Å². The number of aliphatic carboxylic acids is 2. The van der Waals surface area contributed by atoms with Gasteiger partial charge in [0.2, 0.25) is 0 Å². The molecule has 0 saturated carbocycles. The molecule has 6 heteroatoms. The van der Waals surface area contributed by atoms with Crippen LogP contribution in [0.3, 0.4) is 0 Å². The van der Waals surface area contributed by atoms with Gasteiger partial charge in [-0.2, -0.15) is 0 Å². The third kappa shape index (κ3) is 6.03.